The summed E-state index contributed by atoms with van der Waals surface area (Å²) in [5.74, 6) is -0.208. The maximum Gasteiger partial charge on any atom is 0.196 e. The molecule has 0 saturated heterocycles. The summed E-state index contributed by atoms with van der Waals surface area (Å²) in [7, 11) is 1.93. The predicted octanol–water partition coefficient (Wildman–Crippen LogP) is 4.42. The van der Waals surface area contributed by atoms with E-state index in [0.29, 0.717) is 5.69 Å². The summed E-state index contributed by atoms with van der Waals surface area (Å²) in [4.78, 5) is 17.8. The second kappa shape index (κ2) is 6.57. The number of anilines is 1. The highest BCUT2D eigenvalue weighted by Crippen LogP contribution is 2.31. The van der Waals surface area contributed by atoms with Crippen LogP contribution >= 0.6 is 34.5 Å². The monoisotopic (exact) mass is 328 g/mol. The number of aromatic nitrogens is 1. The van der Waals surface area contributed by atoms with E-state index in [-0.39, 0.29) is 17.7 Å². The van der Waals surface area contributed by atoms with Crippen LogP contribution in [-0.4, -0.2) is 23.7 Å². The van der Waals surface area contributed by atoms with Gasteiger partial charge in [-0.15, -0.1) is 22.9 Å². The van der Waals surface area contributed by atoms with Crippen molar-refractivity contribution in [1.29, 1.82) is 0 Å². The number of ketones is 1. The fourth-order valence-electron chi connectivity index (χ4n) is 1.81. The molecule has 6 heteroatoms. The summed E-state index contributed by atoms with van der Waals surface area (Å²) in [6.07, 6.45) is 0. The smallest absolute Gasteiger partial charge is 0.196 e. The lowest BCUT2D eigenvalue weighted by atomic mass is 10.1. The van der Waals surface area contributed by atoms with Crippen LogP contribution in [0.15, 0.2) is 29.6 Å². The molecule has 0 aliphatic rings. The number of benzene rings is 1. The largest absolute Gasteiger partial charge is 0.344 e. The lowest BCUT2D eigenvalue weighted by Crippen LogP contribution is -2.22. The van der Waals surface area contributed by atoms with Crippen LogP contribution in [0.1, 0.15) is 29.0 Å². The maximum atomic E-state index is 11.5. The quantitative estimate of drug-likeness (QED) is 0.601. The van der Waals surface area contributed by atoms with Gasteiger partial charge in [-0.25, -0.2) is 4.98 Å². The number of nitrogens with zero attached hydrogens (tertiary/aromatic N) is 2. The molecule has 2 rings (SSSR count). The Labute approximate surface area is 132 Å². The fourth-order valence-corrected chi connectivity index (χ4v) is 3.12. The van der Waals surface area contributed by atoms with E-state index in [2.05, 4.69) is 4.98 Å². The van der Waals surface area contributed by atoms with E-state index in [1.165, 1.54) is 11.3 Å². The number of alkyl halides is 1. The van der Waals surface area contributed by atoms with Crippen molar-refractivity contribution >= 4 is 45.5 Å². The van der Waals surface area contributed by atoms with Crippen LogP contribution in [0.5, 0.6) is 0 Å². The number of rotatable bonds is 5. The van der Waals surface area contributed by atoms with Gasteiger partial charge in [0.05, 0.1) is 11.9 Å². The van der Waals surface area contributed by atoms with Crippen LogP contribution in [0.4, 0.5) is 5.13 Å². The molecule has 0 aliphatic carbocycles. The Hall–Kier alpha value is -1.10. The molecule has 1 unspecified atom stereocenters. The van der Waals surface area contributed by atoms with Gasteiger partial charge in [-0.3, -0.25) is 4.79 Å². The molecule has 3 nitrogen and oxygen atoms in total. The molecule has 0 radical (unpaired) electrons. The molecule has 106 valence electrons. The molecule has 0 spiro atoms. The first-order chi connectivity index (χ1) is 9.54. The normalized spacial score (nSPS) is 12.2. The Balaban J connectivity index is 2.23. The van der Waals surface area contributed by atoms with E-state index in [9.17, 15) is 4.79 Å². The molecule has 1 aromatic carbocycles. The van der Waals surface area contributed by atoms with Gasteiger partial charge in [0, 0.05) is 17.5 Å². The third-order valence-corrected chi connectivity index (χ3v) is 4.66. The number of carbonyl (C=O) groups excluding carboxylic acids is 1. The second-order valence-corrected chi connectivity index (χ2v) is 5.89. The standard InChI is InChI=1S/C14H14Cl2N2OS/c1-9(10-5-3-4-6-11(10)16)18(2)14-17-12(8-20-14)13(19)7-15/h3-6,8-9H,7H2,1-2H3. The van der Waals surface area contributed by atoms with E-state index < -0.39 is 0 Å². The van der Waals surface area contributed by atoms with E-state index in [1.54, 1.807) is 5.38 Å². The number of halogens is 2. The maximum absolute atomic E-state index is 11.5. The van der Waals surface area contributed by atoms with Gasteiger partial charge in [0.25, 0.3) is 0 Å². The van der Waals surface area contributed by atoms with Gasteiger partial charge in [-0.2, -0.15) is 0 Å². The highest BCUT2D eigenvalue weighted by Gasteiger charge is 2.18. The summed E-state index contributed by atoms with van der Waals surface area (Å²) in [5, 5.41) is 3.22. The van der Waals surface area contributed by atoms with Crippen LogP contribution in [-0.2, 0) is 0 Å². The average Bonchev–Trinajstić information content (AvgIpc) is 2.95. The van der Waals surface area contributed by atoms with Crippen molar-refractivity contribution in [2.45, 2.75) is 13.0 Å². The minimum Gasteiger partial charge on any atom is -0.344 e. The molecular weight excluding hydrogens is 315 g/mol. The van der Waals surface area contributed by atoms with E-state index in [4.69, 9.17) is 23.2 Å². The molecule has 0 bridgehead atoms. The van der Waals surface area contributed by atoms with Gasteiger partial charge in [0.15, 0.2) is 10.9 Å². The highest BCUT2D eigenvalue weighted by atomic mass is 35.5. The van der Waals surface area contributed by atoms with Crippen molar-refractivity contribution in [2.75, 3.05) is 17.8 Å². The van der Waals surface area contributed by atoms with Crippen molar-refractivity contribution < 1.29 is 4.79 Å². The van der Waals surface area contributed by atoms with Crippen LogP contribution in [0.2, 0.25) is 5.02 Å². The van der Waals surface area contributed by atoms with Crippen molar-refractivity contribution in [1.82, 2.24) is 4.98 Å². The third-order valence-electron chi connectivity index (χ3n) is 3.14. The predicted molar refractivity (Wildman–Crippen MR) is 85.4 cm³/mol. The van der Waals surface area contributed by atoms with E-state index in [0.717, 1.165) is 15.7 Å². The molecule has 0 fully saturated rings. The molecule has 0 aliphatic heterocycles. The van der Waals surface area contributed by atoms with Gasteiger partial charge in [-0.1, -0.05) is 29.8 Å². The van der Waals surface area contributed by atoms with E-state index in [1.807, 2.05) is 43.1 Å². The van der Waals surface area contributed by atoms with Crippen molar-refractivity contribution in [3.63, 3.8) is 0 Å². The summed E-state index contributed by atoms with van der Waals surface area (Å²) in [5.41, 5.74) is 1.44. The number of hydrogen-bond acceptors (Lipinski definition) is 4. The van der Waals surface area contributed by atoms with Gasteiger partial charge in [0.2, 0.25) is 0 Å². The van der Waals surface area contributed by atoms with Gasteiger partial charge >= 0.3 is 0 Å². The van der Waals surface area contributed by atoms with Crippen LogP contribution in [0, 0.1) is 0 Å². The van der Waals surface area contributed by atoms with Crippen molar-refractivity contribution in [2.24, 2.45) is 0 Å². The first kappa shape index (κ1) is 15.3. The number of carbonyl (C=O) groups is 1. The molecule has 1 heterocycles. The van der Waals surface area contributed by atoms with Gasteiger partial charge in [-0.05, 0) is 18.6 Å². The van der Waals surface area contributed by atoms with E-state index >= 15 is 0 Å². The minimum atomic E-state index is -0.159. The van der Waals surface area contributed by atoms with Crippen molar-refractivity contribution in [3.05, 3.63) is 45.9 Å². The van der Waals surface area contributed by atoms with Crippen LogP contribution in [0.25, 0.3) is 0 Å². The average molecular weight is 329 g/mol. The molecular formula is C14H14Cl2N2OS. The first-order valence-corrected chi connectivity index (χ1v) is 7.85. The van der Waals surface area contributed by atoms with Crippen molar-refractivity contribution in [3.8, 4) is 0 Å². The lowest BCUT2D eigenvalue weighted by molar-refractivity contribution is 0.101. The SMILES string of the molecule is CC(c1ccccc1Cl)N(C)c1nc(C(=O)CCl)cs1. The molecule has 0 N–H and O–H groups in total. The zero-order valence-corrected chi connectivity index (χ0v) is 13.5. The van der Waals surface area contributed by atoms with Gasteiger partial charge in [0.1, 0.15) is 5.69 Å². The molecule has 0 amide bonds. The second-order valence-electron chi connectivity index (χ2n) is 4.38. The zero-order valence-electron chi connectivity index (χ0n) is 11.1. The summed E-state index contributed by atoms with van der Waals surface area (Å²) < 4.78 is 0. The lowest BCUT2D eigenvalue weighted by Gasteiger charge is -2.25. The molecule has 1 aromatic heterocycles. The first-order valence-electron chi connectivity index (χ1n) is 6.06. The van der Waals surface area contributed by atoms with Crippen LogP contribution in [0.3, 0.4) is 0 Å². The van der Waals surface area contributed by atoms with Gasteiger partial charge < -0.3 is 4.90 Å². The zero-order chi connectivity index (χ0) is 14.7. The molecule has 20 heavy (non-hydrogen) atoms. The highest BCUT2D eigenvalue weighted by molar-refractivity contribution is 7.14. The Bertz CT molecular complexity index is 615. The fraction of sp³-hybridized carbons (Fsp3) is 0.286. The molecule has 1 atom stereocenters. The summed E-state index contributed by atoms with van der Waals surface area (Å²) >= 11 is 13.2. The Kier molecular flexibility index (Phi) is 5.02. The topological polar surface area (TPSA) is 33.2 Å². The Morgan fingerprint density at radius 3 is 2.80 bits per heavy atom. The number of Topliss-reactive ketones (excluding diaryl/α,β-unsaturated/α-hetero) is 1. The Morgan fingerprint density at radius 1 is 1.45 bits per heavy atom. The Morgan fingerprint density at radius 2 is 2.15 bits per heavy atom. The number of thiazole rings is 1. The summed E-state index contributed by atoms with van der Waals surface area (Å²) in [6, 6.07) is 7.77. The number of hydrogen-bond donors (Lipinski definition) is 0. The van der Waals surface area contributed by atoms with Crippen LogP contribution < -0.4 is 4.90 Å². The summed E-state index contributed by atoms with van der Waals surface area (Å²) in [6.45, 7) is 2.05. The third kappa shape index (κ3) is 3.14. The molecule has 2 aromatic rings. The minimum absolute atomic E-state index is 0.0487. The molecule has 0 saturated carbocycles.